The summed E-state index contributed by atoms with van der Waals surface area (Å²) in [5.74, 6) is 4.96. The summed E-state index contributed by atoms with van der Waals surface area (Å²) in [4.78, 5) is 9.61. The van der Waals surface area contributed by atoms with E-state index in [4.69, 9.17) is 0 Å². The fraction of sp³-hybridized carbons (Fsp3) is 0.818. The van der Waals surface area contributed by atoms with E-state index in [-0.39, 0.29) is 0 Å². The molecule has 1 atom stereocenters. The van der Waals surface area contributed by atoms with Crippen LogP contribution in [0, 0.1) is 29.6 Å². The lowest BCUT2D eigenvalue weighted by Crippen LogP contribution is -2.35. The second-order valence-corrected chi connectivity index (χ2v) is 24.8. The van der Waals surface area contributed by atoms with Gasteiger partial charge in [-0.05, 0) is 189 Å². The summed E-state index contributed by atoms with van der Waals surface area (Å²) < 4.78 is 0. The lowest BCUT2D eigenvalue weighted by atomic mass is 9.84. The maximum Gasteiger partial charge on any atom is 0.0294 e. The Labute approximate surface area is 448 Å². The summed E-state index contributed by atoms with van der Waals surface area (Å²) in [6.45, 7) is 46.8. The quantitative estimate of drug-likeness (QED) is 0.192. The zero-order chi connectivity index (χ0) is 54.1. The molecule has 2 aliphatic carbocycles. The van der Waals surface area contributed by atoms with Gasteiger partial charge in [-0.25, -0.2) is 0 Å². The zero-order valence-corrected chi connectivity index (χ0v) is 52.0. The smallest absolute Gasteiger partial charge is 0.0294 e. The third-order valence-electron chi connectivity index (χ3n) is 14.2. The van der Waals surface area contributed by atoms with Crippen LogP contribution in [-0.2, 0) is 6.54 Å². The van der Waals surface area contributed by atoms with E-state index in [0.717, 1.165) is 48.2 Å². The molecule has 2 heterocycles. The van der Waals surface area contributed by atoms with E-state index in [1.165, 1.54) is 146 Å². The Bertz CT molecular complexity index is 1320. The highest BCUT2D eigenvalue weighted by molar-refractivity contribution is 5.18. The second-order valence-electron chi connectivity index (χ2n) is 24.8. The minimum atomic E-state index is 0.450. The van der Waals surface area contributed by atoms with Gasteiger partial charge in [0.2, 0.25) is 0 Å². The predicted octanol–water partition coefficient (Wildman–Crippen LogP) is 18.5. The summed E-state index contributed by atoms with van der Waals surface area (Å²) in [5.41, 5.74) is 2.74. The summed E-state index contributed by atoms with van der Waals surface area (Å²) in [6, 6.07) is 24.9. The molecule has 1 N–H and O–H groups in total. The monoisotopic (exact) mass is 992 g/mol. The molecule has 5 heteroatoms. The first-order chi connectivity index (χ1) is 33.5. The molecule has 71 heavy (non-hydrogen) atoms. The maximum absolute atomic E-state index is 3.46. The Morgan fingerprint density at radius 3 is 1.14 bits per heavy atom. The number of hydrogen-bond donors (Lipinski definition) is 1. The van der Waals surface area contributed by atoms with Crippen LogP contribution in [0.5, 0.6) is 0 Å². The number of hydrogen-bond acceptors (Lipinski definition) is 5. The van der Waals surface area contributed by atoms with E-state index >= 15 is 0 Å². The van der Waals surface area contributed by atoms with Gasteiger partial charge in [0.05, 0.1) is 0 Å². The molecule has 1 unspecified atom stereocenters. The number of piperidine rings is 2. The van der Waals surface area contributed by atoms with E-state index in [9.17, 15) is 0 Å². The van der Waals surface area contributed by atoms with Crippen molar-refractivity contribution < 1.29 is 0 Å². The molecule has 0 spiro atoms. The van der Waals surface area contributed by atoms with Crippen LogP contribution in [0.2, 0.25) is 0 Å². The van der Waals surface area contributed by atoms with E-state index in [1.807, 2.05) is 6.07 Å². The number of rotatable bonds is 15. The van der Waals surface area contributed by atoms with Gasteiger partial charge in [-0.2, -0.15) is 0 Å². The van der Waals surface area contributed by atoms with Crippen LogP contribution in [0.25, 0.3) is 0 Å². The topological polar surface area (TPSA) is 25.0 Å². The van der Waals surface area contributed by atoms with Gasteiger partial charge in [0.25, 0.3) is 0 Å². The highest BCUT2D eigenvalue weighted by Crippen LogP contribution is 2.35. The van der Waals surface area contributed by atoms with Gasteiger partial charge >= 0.3 is 0 Å². The first kappa shape index (κ1) is 71.3. The highest BCUT2D eigenvalue weighted by atomic mass is 15.2. The molecule has 2 aliphatic heterocycles. The van der Waals surface area contributed by atoms with Crippen molar-refractivity contribution >= 4 is 0 Å². The number of benzene rings is 2. The molecule has 4 aliphatic rings. The average Bonchev–Trinajstić information content (AvgIpc) is 4.15. The molecule has 0 amide bonds. The zero-order valence-electron chi connectivity index (χ0n) is 52.0. The van der Waals surface area contributed by atoms with Gasteiger partial charge in [-0.3, -0.25) is 4.90 Å². The normalized spacial score (nSPS) is 16.9. The highest BCUT2D eigenvalue weighted by Gasteiger charge is 2.21. The third kappa shape index (κ3) is 46.5. The van der Waals surface area contributed by atoms with Gasteiger partial charge < -0.3 is 20.0 Å². The van der Waals surface area contributed by atoms with Crippen molar-refractivity contribution in [3.63, 3.8) is 0 Å². The molecule has 5 nitrogen and oxygen atoms in total. The maximum atomic E-state index is 3.46. The Morgan fingerprint density at radius 2 is 0.859 bits per heavy atom. The first-order valence-electron chi connectivity index (χ1n) is 30.2. The van der Waals surface area contributed by atoms with Crippen LogP contribution in [0.3, 0.4) is 0 Å². The molecule has 0 radical (unpaired) electrons. The Morgan fingerprint density at radius 1 is 0.479 bits per heavy atom. The molecular weight excluding hydrogens is 863 g/mol. The summed E-state index contributed by atoms with van der Waals surface area (Å²) in [6.07, 6.45) is 24.7. The van der Waals surface area contributed by atoms with Crippen molar-refractivity contribution in [2.45, 2.75) is 277 Å². The fourth-order valence-corrected chi connectivity index (χ4v) is 8.95. The molecule has 4 fully saturated rings. The van der Waals surface area contributed by atoms with E-state index in [1.54, 1.807) is 0 Å². The molecule has 2 saturated carbocycles. The number of nitrogens with zero attached hydrogens (tertiary/aromatic N) is 4. The molecule has 0 bridgehead atoms. The van der Waals surface area contributed by atoms with Crippen molar-refractivity contribution in [2.75, 3.05) is 47.3 Å². The molecule has 0 aromatic heterocycles. The minimum absolute atomic E-state index is 0.450. The van der Waals surface area contributed by atoms with Crippen LogP contribution in [0.1, 0.15) is 251 Å². The molecule has 418 valence electrons. The fourth-order valence-electron chi connectivity index (χ4n) is 8.95. The van der Waals surface area contributed by atoms with Gasteiger partial charge in [0, 0.05) is 42.8 Å². The Hall–Kier alpha value is -1.76. The summed E-state index contributed by atoms with van der Waals surface area (Å²) in [5, 5.41) is 3.46. The van der Waals surface area contributed by atoms with Crippen molar-refractivity contribution in [3.8, 4) is 0 Å². The number of likely N-dealkylation sites (tertiary alicyclic amines) is 2. The molecule has 2 saturated heterocycles. The van der Waals surface area contributed by atoms with Gasteiger partial charge in [0.1, 0.15) is 0 Å². The van der Waals surface area contributed by atoms with Crippen LogP contribution >= 0.6 is 0 Å². The molecule has 6 rings (SSSR count). The number of nitrogens with one attached hydrogen (secondary N) is 1. The first-order valence-corrected chi connectivity index (χ1v) is 30.2. The lowest BCUT2D eigenvalue weighted by Gasteiger charge is -2.29. The van der Waals surface area contributed by atoms with Crippen LogP contribution in [0.15, 0.2) is 60.7 Å². The van der Waals surface area contributed by atoms with E-state index in [2.05, 4.69) is 225 Å². The minimum Gasteiger partial charge on any atom is -0.308 e. The van der Waals surface area contributed by atoms with E-state index < -0.39 is 0 Å². The second kappa shape index (κ2) is 45.6. The standard InChI is InChI=1S/2C11H17N.C10H20.2C8H17N.C7H14.C6H14.C5H13N/c1-10(2)12(3)9-11-7-5-4-6-8-11;1-9(2)12-10(3)11-7-5-4-6-8-11;1-9(2)8-10-6-4-3-5-7-10;2*1-8(2)9-6-4-3-5-7-9;1-6(2)5-7-3-4-7;1-4-5-6(2)3;1-5(2)6(3)4/h4-8,10H,9H2,1-3H3;4-10,12H,1-3H3;9-10H,3-8H2,1-2H3;2*8H,3-7H2,1-2H3;6-7H,3-5H2,1-2H3;6H,4-5H2,1-3H3;5H,1-4H3. The molecule has 2 aromatic carbocycles. The predicted molar refractivity (Wildman–Crippen MR) is 324 cm³/mol. The van der Waals surface area contributed by atoms with E-state index in [0.29, 0.717) is 24.2 Å². The van der Waals surface area contributed by atoms with Gasteiger partial charge in [0.15, 0.2) is 0 Å². The summed E-state index contributed by atoms with van der Waals surface area (Å²) >= 11 is 0. The molecular formula is C66H129N5. The van der Waals surface area contributed by atoms with Crippen molar-refractivity contribution in [1.29, 1.82) is 0 Å². The van der Waals surface area contributed by atoms with Crippen LogP contribution in [-0.4, -0.2) is 97.1 Å². The van der Waals surface area contributed by atoms with Crippen LogP contribution in [0.4, 0.5) is 0 Å². The SMILES string of the molecule is CC(C)CC1CC1.CC(C)CC1CCCCC1.CC(C)N(C)C.CC(C)N(C)Cc1ccccc1.CC(C)N1CCCCC1.CC(C)N1CCCCC1.CC(C)NC(C)c1ccccc1.CCCC(C)C. The van der Waals surface area contributed by atoms with Crippen molar-refractivity contribution in [2.24, 2.45) is 29.6 Å². The third-order valence-corrected chi connectivity index (χ3v) is 14.2. The summed E-state index contributed by atoms with van der Waals surface area (Å²) in [7, 11) is 6.30. The van der Waals surface area contributed by atoms with Crippen molar-refractivity contribution in [3.05, 3.63) is 71.8 Å². The average molecular weight is 993 g/mol. The lowest BCUT2D eigenvalue weighted by molar-refractivity contribution is 0.185. The van der Waals surface area contributed by atoms with Gasteiger partial charge in [-0.15, -0.1) is 0 Å². The largest absolute Gasteiger partial charge is 0.308 e. The van der Waals surface area contributed by atoms with Crippen LogP contribution < -0.4 is 5.32 Å². The Kier molecular flexibility index (Phi) is 45.8. The van der Waals surface area contributed by atoms with Crippen molar-refractivity contribution in [1.82, 2.24) is 24.9 Å². The Balaban J connectivity index is 0. The van der Waals surface area contributed by atoms with Gasteiger partial charge in [-0.1, -0.05) is 194 Å². The molecule has 2 aromatic rings.